The molecular weight excluding hydrogens is 528 g/mol. The van der Waals surface area contributed by atoms with Crippen LogP contribution >= 0.6 is 11.3 Å². The maximum atomic E-state index is 13.3. The summed E-state index contributed by atoms with van der Waals surface area (Å²) in [5.74, 6) is -0.660. The van der Waals surface area contributed by atoms with E-state index < -0.39 is 18.4 Å². The van der Waals surface area contributed by atoms with Crippen LogP contribution in [0.15, 0.2) is 54.6 Å². The zero-order valence-corrected chi connectivity index (χ0v) is 24.3. The summed E-state index contributed by atoms with van der Waals surface area (Å²) in [6.07, 6.45) is -1.47. The first-order valence-corrected chi connectivity index (χ1v) is 14.1. The number of anilines is 1. The first kappa shape index (κ1) is 29.1. The molecule has 1 aromatic heterocycles. The van der Waals surface area contributed by atoms with Crippen molar-refractivity contribution in [3.8, 4) is 10.4 Å². The van der Waals surface area contributed by atoms with Gasteiger partial charge in [-0.1, -0.05) is 24.3 Å². The van der Waals surface area contributed by atoms with Gasteiger partial charge >= 0.3 is 12.1 Å². The van der Waals surface area contributed by atoms with E-state index in [2.05, 4.69) is 40.2 Å². The number of rotatable bonds is 10. The third kappa shape index (κ3) is 7.40. The number of thiophene rings is 1. The van der Waals surface area contributed by atoms with Crippen molar-refractivity contribution >= 4 is 35.0 Å². The summed E-state index contributed by atoms with van der Waals surface area (Å²) in [7, 11) is 1.94. The molecule has 0 radical (unpaired) electrons. The third-order valence-electron chi connectivity index (χ3n) is 6.62. The van der Waals surface area contributed by atoms with Gasteiger partial charge in [-0.15, -0.1) is 11.3 Å². The summed E-state index contributed by atoms with van der Waals surface area (Å²) < 4.78 is 9.94. The molecule has 3 aromatic rings. The highest BCUT2D eigenvalue weighted by molar-refractivity contribution is 7.15. The zero-order valence-electron chi connectivity index (χ0n) is 23.4. The number of hydrogen-bond acceptors (Lipinski definition) is 8. The van der Waals surface area contributed by atoms with E-state index in [1.165, 1.54) is 28.5 Å². The average molecular weight is 565 g/mol. The fourth-order valence-corrected chi connectivity index (χ4v) is 5.52. The van der Waals surface area contributed by atoms with Crippen molar-refractivity contribution < 1.29 is 23.9 Å². The molecule has 2 amide bonds. The summed E-state index contributed by atoms with van der Waals surface area (Å²) in [6, 6.07) is 18.1. The van der Waals surface area contributed by atoms with E-state index in [1.807, 2.05) is 51.2 Å². The molecule has 1 aliphatic rings. The quantitative estimate of drug-likeness (QED) is 0.233. The molecule has 0 aliphatic carbocycles. The number of esters is 1. The van der Waals surface area contributed by atoms with Crippen LogP contribution in [0.1, 0.15) is 53.2 Å². The predicted octanol–water partition coefficient (Wildman–Crippen LogP) is 5.08. The van der Waals surface area contributed by atoms with Crippen molar-refractivity contribution in [3.05, 3.63) is 76.2 Å². The van der Waals surface area contributed by atoms with Crippen LogP contribution in [-0.2, 0) is 20.8 Å². The molecule has 40 heavy (non-hydrogen) atoms. The van der Waals surface area contributed by atoms with Gasteiger partial charge in [-0.2, -0.15) is 0 Å². The molecule has 9 nitrogen and oxygen atoms in total. The Morgan fingerprint density at radius 2 is 1.82 bits per heavy atom. The second-order valence-electron chi connectivity index (χ2n) is 9.95. The molecule has 2 atom stereocenters. The number of hydrogen-bond donors (Lipinski definition) is 3. The van der Waals surface area contributed by atoms with Crippen LogP contribution in [0.5, 0.6) is 0 Å². The van der Waals surface area contributed by atoms with Crippen LogP contribution in [0.4, 0.5) is 10.5 Å². The molecule has 1 fully saturated rings. The van der Waals surface area contributed by atoms with Gasteiger partial charge in [0.1, 0.15) is 0 Å². The molecule has 3 N–H and O–H groups in total. The van der Waals surface area contributed by atoms with Crippen molar-refractivity contribution in [1.29, 1.82) is 0 Å². The number of aryl methyl sites for hydroxylation is 1. The summed E-state index contributed by atoms with van der Waals surface area (Å²) in [5.41, 5.74) is 4.43. The monoisotopic (exact) mass is 564 g/mol. The Bertz CT molecular complexity index is 1370. The fraction of sp³-hybridized carbons (Fsp3) is 0.367. The third-order valence-corrected chi connectivity index (χ3v) is 7.76. The first-order valence-electron chi connectivity index (χ1n) is 13.3. The Balaban J connectivity index is 1.34. The Morgan fingerprint density at radius 3 is 2.55 bits per heavy atom. The highest BCUT2D eigenvalue weighted by Gasteiger charge is 2.33. The van der Waals surface area contributed by atoms with Crippen LogP contribution in [0.2, 0.25) is 0 Å². The summed E-state index contributed by atoms with van der Waals surface area (Å²) in [6.45, 7) is 8.37. The smallest absolute Gasteiger partial charge is 0.412 e. The van der Waals surface area contributed by atoms with Crippen LogP contribution in [-0.4, -0.2) is 55.3 Å². The van der Waals surface area contributed by atoms with Gasteiger partial charge in [0.2, 0.25) is 6.29 Å². The Morgan fingerprint density at radius 1 is 1.05 bits per heavy atom. The van der Waals surface area contributed by atoms with E-state index in [9.17, 15) is 14.4 Å². The number of ether oxygens (including phenoxy) is 2. The largest absolute Gasteiger partial charge is 0.426 e. The number of carbonyl (C=O) groups excluding carboxylic acids is 3. The minimum atomic E-state index is -0.938. The molecule has 212 valence electrons. The normalized spacial score (nSPS) is 14.6. The second-order valence-corrected chi connectivity index (χ2v) is 11.1. The molecule has 2 heterocycles. The fourth-order valence-electron chi connectivity index (χ4n) is 4.51. The SMILES string of the molecule is CNCc1ccc(-c2cccc(C(C)NC(=O)c3cc(NC4CN(C(=O)OC(C)OC(C)=O)C4)ccc3C)c2)s1. The van der Waals surface area contributed by atoms with E-state index >= 15 is 0 Å². The highest BCUT2D eigenvalue weighted by atomic mass is 32.1. The summed E-state index contributed by atoms with van der Waals surface area (Å²) in [5, 5.41) is 9.70. The van der Waals surface area contributed by atoms with Crippen LogP contribution in [0, 0.1) is 6.92 Å². The van der Waals surface area contributed by atoms with Gasteiger partial charge in [-0.05, 0) is 67.9 Å². The van der Waals surface area contributed by atoms with Crippen LogP contribution in [0.3, 0.4) is 0 Å². The van der Waals surface area contributed by atoms with Crippen molar-refractivity contribution in [2.24, 2.45) is 0 Å². The minimum absolute atomic E-state index is 0.0164. The van der Waals surface area contributed by atoms with Crippen molar-refractivity contribution in [3.63, 3.8) is 0 Å². The van der Waals surface area contributed by atoms with Crippen LogP contribution in [0.25, 0.3) is 10.4 Å². The maximum Gasteiger partial charge on any atom is 0.412 e. The molecule has 0 saturated carbocycles. The van der Waals surface area contributed by atoms with Crippen molar-refractivity contribution in [1.82, 2.24) is 15.5 Å². The van der Waals surface area contributed by atoms with Crippen LogP contribution < -0.4 is 16.0 Å². The standard InChI is InChI=1S/C30H36N4O5S/c1-18-9-10-24(33-25-16-34(17-25)30(37)39-21(4)38-20(3)35)14-27(18)29(36)32-19(2)22-7-6-8-23(13-22)28-12-11-26(40-28)15-31-5/h6-14,19,21,25,31,33H,15-17H2,1-5H3,(H,32,36). The molecule has 2 aromatic carbocycles. The zero-order chi connectivity index (χ0) is 28.8. The average Bonchev–Trinajstić information content (AvgIpc) is 3.35. The van der Waals surface area contributed by atoms with Crippen molar-refractivity contribution in [2.75, 3.05) is 25.5 Å². The second kappa shape index (κ2) is 13.0. The number of benzene rings is 2. The van der Waals surface area contributed by atoms with Gasteiger partial charge in [-0.25, -0.2) is 4.79 Å². The van der Waals surface area contributed by atoms with E-state index in [0.29, 0.717) is 18.7 Å². The number of amides is 2. The van der Waals surface area contributed by atoms with E-state index in [0.717, 1.165) is 28.9 Å². The van der Waals surface area contributed by atoms with Gasteiger partial charge in [0.25, 0.3) is 5.91 Å². The minimum Gasteiger partial charge on any atom is -0.426 e. The lowest BCUT2D eigenvalue weighted by molar-refractivity contribution is -0.163. The van der Waals surface area contributed by atoms with E-state index in [1.54, 1.807) is 11.3 Å². The Hall–Kier alpha value is -3.89. The lowest BCUT2D eigenvalue weighted by Crippen LogP contribution is -2.57. The molecule has 0 bridgehead atoms. The molecule has 10 heteroatoms. The maximum absolute atomic E-state index is 13.3. The number of carbonyl (C=O) groups is 3. The molecule has 4 rings (SSSR count). The molecular formula is C30H36N4O5S. The Labute approximate surface area is 238 Å². The molecule has 1 saturated heterocycles. The highest BCUT2D eigenvalue weighted by Crippen LogP contribution is 2.30. The van der Waals surface area contributed by atoms with Gasteiger partial charge in [0, 0.05) is 54.5 Å². The van der Waals surface area contributed by atoms with Gasteiger partial charge in [0.05, 0.1) is 12.1 Å². The van der Waals surface area contributed by atoms with Gasteiger partial charge < -0.3 is 30.3 Å². The van der Waals surface area contributed by atoms with E-state index in [-0.39, 0.29) is 18.0 Å². The summed E-state index contributed by atoms with van der Waals surface area (Å²) >= 11 is 1.76. The number of nitrogens with one attached hydrogen (secondary N) is 3. The molecule has 1 aliphatic heterocycles. The lowest BCUT2D eigenvalue weighted by Gasteiger charge is -2.39. The van der Waals surface area contributed by atoms with Crippen molar-refractivity contribution in [2.45, 2.75) is 52.6 Å². The van der Waals surface area contributed by atoms with E-state index in [4.69, 9.17) is 9.47 Å². The lowest BCUT2D eigenvalue weighted by atomic mass is 10.0. The molecule has 2 unspecified atom stereocenters. The summed E-state index contributed by atoms with van der Waals surface area (Å²) in [4.78, 5) is 40.4. The predicted molar refractivity (Wildman–Crippen MR) is 156 cm³/mol. The number of nitrogens with zero attached hydrogens (tertiary/aromatic N) is 1. The number of likely N-dealkylation sites (tertiary alicyclic amines) is 1. The van der Waals surface area contributed by atoms with Gasteiger partial charge in [-0.3, -0.25) is 9.59 Å². The topological polar surface area (TPSA) is 109 Å². The Kier molecular flexibility index (Phi) is 9.44. The molecule has 0 spiro atoms. The van der Waals surface area contributed by atoms with Gasteiger partial charge in [0.15, 0.2) is 0 Å². The first-order chi connectivity index (χ1) is 19.1.